The first-order valence-electron chi connectivity index (χ1n) is 5.36. The van der Waals surface area contributed by atoms with Gasteiger partial charge in [0.1, 0.15) is 17.3 Å². The second-order valence-corrected chi connectivity index (χ2v) is 5.76. The monoisotopic (exact) mass is 256 g/mol. The minimum atomic E-state index is -0.599. The highest BCUT2D eigenvalue weighted by atomic mass is 32.2. The number of rotatable bonds is 1. The number of hydrogen-bond donors (Lipinski definition) is 1. The highest BCUT2D eigenvalue weighted by Gasteiger charge is 2.24. The molecule has 0 saturated heterocycles. The lowest BCUT2D eigenvalue weighted by Gasteiger charge is -2.27. The molecule has 0 spiro atoms. The number of hydrogen-bond acceptors (Lipinski definition) is 3. The highest BCUT2D eigenvalue weighted by Crippen LogP contribution is 2.29. The maximum Gasteiger partial charge on any atom is 0.161 e. The van der Waals surface area contributed by atoms with Gasteiger partial charge < -0.3 is 5.32 Å². The molecule has 1 aromatic rings. The minimum Gasteiger partial charge on any atom is -0.330 e. The van der Waals surface area contributed by atoms with E-state index < -0.39 is 11.6 Å². The van der Waals surface area contributed by atoms with Crippen LogP contribution in [0.3, 0.4) is 0 Å². The van der Waals surface area contributed by atoms with Crippen LogP contribution < -0.4 is 5.32 Å². The highest BCUT2D eigenvalue weighted by molar-refractivity contribution is 8.14. The van der Waals surface area contributed by atoms with Crippen LogP contribution in [-0.4, -0.2) is 17.5 Å². The van der Waals surface area contributed by atoms with E-state index in [2.05, 4.69) is 24.2 Å². The molecule has 0 radical (unpaired) electrons. The number of nitrogens with one attached hydrogen (secondary N) is 1. The number of anilines is 1. The molecule has 0 aliphatic carbocycles. The molecule has 0 atom stereocenters. The van der Waals surface area contributed by atoms with Gasteiger partial charge in [-0.3, -0.25) is 4.99 Å². The van der Waals surface area contributed by atoms with E-state index in [0.29, 0.717) is 11.7 Å². The molecule has 1 aromatic carbocycles. The van der Waals surface area contributed by atoms with Gasteiger partial charge in [-0.1, -0.05) is 31.7 Å². The molecule has 1 heterocycles. The van der Waals surface area contributed by atoms with Crippen LogP contribution in [0.4, 0.5) is 14.5 Å². The quantitative estimate of drug-likeness (QED) is 0.831. The van der Waals surface area contributed by atoms with Crippen molar-refractivity contribution >= 4 is 22.6 Å². The van der Waals surface area contributed by atoms with E-state index in [4.69, 9.17) is 0 Å². The summed E-state index contributed by atoms with van der Waals surface area (Å²) in [5.74, 6) is -0.314. The molecule has 2 nitrogen and oxygen atoms in total. The Balaban J connectivity index is 2.15. The molecule has 1 N–H and O–H groups in total. The number of amidine groups is 1. The molecule has 0 amide bonds. The Morgan fingerprint density at radius 3 is 2.47 bits per heavy atom. The summed E-state index contributed by atoms with van der Waals surface area (Å²) < 4.78 is 26.8. The molecule has 0 bridgehead atoms. The van der Waals surface area contributed by atoms with Gasteiger partial charge >= 0.3 is 0 Å². The summed E-state index contributed by atoms with van der Waals surface area (Å²) >= 11 is 1.49. The first-order valence-corrected chi connectivity index (χ1v) is 6.35. The molecule has 0 saturated carbocycles. The Labute approximate surface area is 104 Å². The summed E-state index contributed by atoms with van der Waals surface area (Å²) in [5, 5.41) is 3.30. The van der Waals surface area contributed by atoms with Crippen LogP contribution in [0.1, 0.15) is 13.8 Å². The largest absolute Gasteiger partial charge is 0.330 e. The molecule has 2 rings (SSSR count). The number of thioether (sulfide) groups is 1. The van der Waals surface area contributed by atoms with E-state index >= 15 is 0 Å². The summed E-state index contributed by atoms with van der Waals surface area (Å²) in [4.78, 5) is 4.29. The number of benzene rings is 1. The third-order valence-corrected chi connectivity index (χ3v) is 3.88. The van der Waals surface area contributed by atoms with Crippen molar-refractivity contribution in [1.29, 1.82) is 0 Å². The van der Waals surface area contributed by atoms with E-state index in [1.54, 1.807) is 0 Å². The van der Waals surface area contributed by atoms with Gasteiger partial charge in [0.15, 0.2) is 5.17 Å². The summed E-state index contributed by atoms with van der Waals surface area (Å²) in [6.45, 7) is 4.90. The van der Waals surface area contributed by atoms with E-state index in [-0.39, 0.29) is 11.1 Å². The summed E-state index contributed by atoms with van der Waals surface area (Å²) in [6, 6.07) is 3.79. The van der Waals surface area contributed by atoms with Crippen LogP contribution in [0, 0.1) is 17.0 Å². The lowest BCUT2D eigenvalue weighted by Crippen LogP contribution is -2.27. The normalized spacial score (nSPS) is 18.7. The van der Waals surface area contributed by atoms with Gasteiger partial charge in [0, 0.05) is 12.3 Å². The zero-order valence-electron chi connectivity index (χ0n) is 9.76. The van der Waals surface area contributed by atoms with Crippen molar-refractivity contribution < 1.29 is 8.78 Å². The molecule has 92 valence electrons. The molecule has 0 aromatic heterocycles. The Kier molecular flexibility index (Phi) is 3.38. The summed E-state index contributed by atoms with van der Waals surface area (Å²) in [6.07, 6.45) is 0. The molecule has 1 aliphatic heterocycles. The topological polar surface area (TPSA) is 24.4 Å². The Morgan fingerprint density at radius 2 is 1.94 bits per heavy atom. The Hall–Kier alpha value is -1.10. The lowest BCUT2D eigenvalue weighted by molar-refractivity contribution is 0.438. The standard InChI is InChI=1S/C12H14F2N2S/c1-12(2)6-15-11(17-7-12)16-10-8(13)4-3-5-9(10)14/h3-5H,6-7H2,1-2H3,(H,15,16). The number of nitrogens with zero attached hydrogens (tertiary/aromatic N) is 1. The molecular formula is C12H14F2N2S. The van der Waals surface area contributed by atoms with Crippen LogP contribution in [0.25, 0.3) is 0 Å². The molecular weight excluding hydrogens is 242 g/mol. The molecule has 1 aliphatic rings. The van der Waals surface area contributed by atoms with E-state index in [0.717, 1.165) is 5.75 Å². The second-order valence-electron chi connectivity index (χ2n) is 4.80. The van der Waals surface area contributed by atoms with Crippen LogP contribution in [0.5, 0.6) is 0 Å². The zero-order chi connectivity index (χ0) is 12.5. The number of halogens is 2. The summed E-state index contributed by atoms with van der Waals surface area (Å²) in [7, 11) is 0. The summed E-state index contributed by atoms with van der Waals surface area (Å²) in [5.41, 5.74) is 0.0161. The first-order chi connectivity index (χ1) is 7.98. The van der Waals surface area contributed by atoms with Crippen molar-refractivity contribution in [1.82, 2.24) is 0 Å². The van der Waals surface area contributed by atoms with Crippen LogP contribution >= 0.6 is 11.8 Å². The maximum absolute atomic E-state index is 13.4. The molecule has 17 heavy (non-hydrogen) atoms. The molecule has 0 fully saturated rings. The number of aliphatic imine (C=N–C) groups is 1. The van der Waals surface area contributed by atoms with Crippen molar-refractivity contribution in [2.45, 2.75) is 13.8 Å². The van der Waals surface area contributed by atoms with E-state index in [9.17, 15) is 8.78 Å². The average Bonchev–Trinajstić information content (AvgIpc) is 2.26. The van der Waals surface area contributed by atoms with Crippen molar-refractivity contribution in [2.24, 2.45) is 10.4 Å². The predicted octanol–water partition coefficient (Wildman–Crippen LogP) is 3.51. The first kappa shape index (κ1) is 12.4. The van der Waals surface area contributed by atoms with Crippen molar-refractivity contribution in [2.75, 3.05) is 17.6 Å². The van der Waals surface area contributed by atoms with Gasteiger partial charge in [0.2, 0.25) is 0 Å². The fraction of sp³-hybridized carbons (Fsp3) is 0.417. The van der Waals surface area contributed by atoms with Crippen LogP contribution in [0.15, 0.2) is 23.2 Å². The van der Waals surface area contributed by atoms with Gasteiger partial charge in [-0.05, 0) is 17.5 Å². The van der Waals surface area contributed by atoms with Crippen LogP contribution in [-0.2, 0) is 0 Å². The van der Waals surface area contributed by atoms with Gasteiger partial charge in [-0.25, -0.2) is 8.78 Å². The fourth-order valence-corrected chi connectivity index (χ4v) is 2.39. The maximum atomic E-state index is 13.4. The zero-order valence-corrected chi connectivity index (χ0v) is 10.6. The second kappa shape index (κ2) is 4.64. The number of para-hydroxylation sites is 1. The SMILES string of the molecule is CC1(C)CN=C(Nc2c(F)cccc2F)SC1. The van der Waals surface area contributed by atoms with Gasteiger partial charge in [-0.2, -0.15) is 0 Å². The predicted molar refractivity (Wildman–Crippen MR) is 68.5 cm³/mol. The average molecular weight is 256 g/mol. The van der Waals surface area contributed by atoms with E-state index in [1.807, 2.05) is 0 Å². The molecule has 5 heteroatoms. The van der Waals surface area contributed by atoms with Gasteiger partial charge in [0.25, 0.3) is 0 Å². The van der Waals surface area contributed by atoms with Gasteiger partial charge in [-0.15, -0.1) is 0 Å². The smallest absolute Gasteiger partial charge is 0.161 e. The third-order valence-electron chi connectivity index (χ3n) is 2.45. The van der Waals surface area contributed by atoms with Crippen LogP contribution in [0.2, 0.25) is 0 Å². The lowest BCUT2D eigenvalue weighted by atomic mass is 9.97. The van der Waals surface area contributed by atoms with Crippen molar-refractivity contribution in [3.8, 4) is 0 Å². The van der Waals surface area contributed by atoms with Crippen molar-refractivity contribution in [3.63, 3.8) is 0 Å². The fourth-order valence-electron chi connectivity index (χ4n) is 1.44. The van der Waals surface area contributed by atoms with E-state index in [1.165, 1.54) is 30.0 Å². The Bertz CT molecular complexity index is 438. The van der Waals surface area contributed by atoms with Gasteiger partial charge in [0.05, 0.1) is 0 Å². The Morgan fingerprint density at radius 1 is 1.29 bits per heavy atom. The molecule has 0 unspecified atom stereocenters. The third kappa shape index (κ3) is 2.97. The minimum absolute atomic E-state index is 0.126. The van der Waals surface area contributed by atoms with Crippen molar-refractivity contribution in [3.05, 3.63) is 29.8 Å².